The highest BCUT2D eigenvalue weighted by Gasteiger charge is 1.89. The Morgan fingerprint density at radius 3 is 1.92 bits per heavy atom. The van der Waals surface area contributed by atoms with Gasteiger partial charge in [0.1, 0.15) is 0 Å². The largest absolute Gasteiger partial charge is 0.0933 e. The van der Waals surface area contributed by atoms with Crippen LogP contribution in [-0.4, -0.2) is 0 Å². The van der Waals surface area contributed by atoms with Crippen LogP contribution in [0.25, 0.3) is 0 Å². The van der Waals surface area contributed by atoms with Crippen molar-refractivity contribution >= 4 is 11.6 Å². The van der Waals surface area contributed by atoms with Gasteiger partial charge in [-0.3, -0.25) is 0 Å². The molecular formula is C12H23Cl. The summed E-state index contributed by atoms with van der Waals surface area (Å²) in [5.74, 6) is 0. The molecule has 0 aromatic heterocycles. The lowest BCUT2D eigenvalue weighted by molar-refractivity contribution is 0.577. The Hall–Kier alpha value is 0.0300. The van der Waals surface area contributed by atoms with Crippen LogP contribution in [-0.2, 0) is 0 Å². The van der Waals surface area contributed by atoms with E-state index in [1.807, 2.05) is 6.08 Å². The molecule has 0 unspecified atom stereocenters. The van der Waals surface area contributed by atoms with Crippen molar-refractivity contribution in [1.29, 1.82) is 0 Å². The number of rotatable bonds is 9. The van der Waals surface area contributed by atoms with Crippen molar-refractivity contribution in [3.8, 4) is 0 Å². The molecule has 0 saturated carbocycles. The average Bonchev–Trinajstić information content (AvgIpc) is 2.16. The van der Waals surface area contributed by atoms with Crippen LogP contribution in [0, 0.1) is 0 Å². The average molecular weight is 203 g/mol. The first kappa shape index (κ1) is 13.0. The summed E-state index contributed by atoms with van der Waals surface area (Å²) in [6, 6.07) is 0. The Kier molecular flexibility index (Phi) is 12.1. The van der Waals surface area contributed by atoms with Crippen LogP contribution in [0.1, 0.15) is 64.7 Å². The molecule has 0 bridgehead atoms. The summed E-state index contributed by atoms with van der Waals surface area (Å²) in [5, 5.41) is 0. The standard InChI is InChI=1S/C12H23Cl/c1-2-3-4-5-6-7-8-9-10-11-12-13/h11-12H,2-10H2,1H3. The molecule has 0 aliphatic rings. The minimum absolute atomic E-state index is 1.15. The molecule has 0 N–H and O–H groups in total. The maximum Gasteiger partial charge on any atom is 0.000245 e. The van der Waals surface area contributed by atoms with Gasteiger partial charge in [0.2, 0.25) is 0 Å². The zero-order chi connectivity index (χ0) is 9.78. The van der Waals surface area contributed by atoms with Crippen LogP contribution in [0.4, 0.5) is 0 Å². The lowest BCUT2D eigenvalue weighted by atomic mass is 10.1. The lowest BCUT2D eigenvalue weighted by Gasteiger charge is -1.99. The molecule has 0 nitrogen and oxygen atoms in total. The molecule has 0 atom stereocenters. The van der Waals surface area contributed by atoms with E-state index in [-0.39, 0.29) is 0 Å². The van der Waals surface area contributed by atoms with Gasteiger partial charge in [-0.05, 0) is 12.8 Å². The summed E-state index contributed by atoms with van der Waals surface area (Å²) in [6.07, 6.45) is 14.3. The van der Waals surface area contributed by atoms with Gasteiger partial charge in [0.05, 0.1) is 0 Å². The van der Waals surface area contributed by atoms with E-state index < -0.39 is 0 Å². The number of halogens is 1. The first-order valence-electron chi connectivity index (χ1n) is 5.67. The maximum absolute atomic E-state index is 5.42. The molecule has 0 amide bonds. The van der Waals surface area contributed by atoms with E-state index in [2.05, 4.69) is 6.92 Å². The van der Waals surface area contributed by atoms with E-state index in [0.717, 1.165) is 6.42 Å². The normalized spacial score (nSPS) is 11.2. The van der Waals surface area contributed by atoms with E-state index in [4.69, 9.17) is 11.6 Å². The fourth-order valence-corrected chi connectivity index (χ4v) is 1.59. The van der Waals surface area contributed by atoms with Gasteiger partial charge in [-0.15, -0.1) is 0 Å². The van der Waals surface area contributed by atoms with Crippen LogP contribution in [0.3, 0.4) is 0 Å². The Morgan fingerprint density at radius 2 is 1.38 bits per heavy atom. The van der Waals surface area contributed by atoms with E-state index >= 15 is 0 Å². The highest BCUT2D eigenvalue weighted by molar-refractivity contribution is 6.25. The second kappa shape index (κ2) is 12.0. The topological polar surface area (TPSA) is 0 Å². The molecule has 0 rings (SSSR count). The fraction of sp³-hybridized carbons (Fsp3) is 0.833. The molecule has 0 aromatic carbocycles. The molecule has 78 valence electrons. The monoisotopic (exact) mass is 202 g/mol. The zero-order valence-corrected chi connectivity index (χ0v) is 9.65. The quantitative estimate of drug-likeness (QED) is 0.447. The predicted octanol–water partition coefficient (Wildman–Crippen LogP) is 5.27. The highest BCUT2D eigenvalue weighted by Crippen LogP contribution is 2.09. The minimum atomic E-state index is 1.15. The number of hydrogen-bond donors (Lipinski definition) is 0. The molecule has 0 radical (unpaired) electrons. The van der Waals surface area contributed by atoms with Gasteiger partial charge in [-0.2, -0.15) is 0 Å². The Balaban J connectivity index is 2.83. The van der Waals surface area contributed by atoms with E-state index in [9.17, 15) is 0 Å². The van der Waals surface area contributed by atoms with Gasteiger partial charge in [0.25, 0.3) is 0 Å². The molecular weight excluding hydrogens is 180 g/mol. The number of hydrogen-bond acceptors (Lipinski definition) is 0. The van der Waals surface area contributed by atoms with Crippen molar-refractivity contribution in [3.05, 3.63) is 11.6 Å². The number of unbranched alkanes of at least 4 members (excludes halogenated alkanes) is 8. The van der Waals surface area contributed by atoms with Crippen molar-refractivity contribution in [2.75, 3.05) is 0 Å². The molecule has 0 aliphatic heterocycles. The second-order valence-electron chi connectivity index (χ2n) is 3.63. The molecule has 1 heteroatoms. The maximum atomic E-state index is 5.42. The van der Waals surface area contributed by atoms with Crippen molar-refractivity contribution in [2.24, 2.45) is 0 Å². The molecule has 0 heterocycles. The van der Waals surface area contributed by atoms with Crippen LogP contribution in [0.5, 0.6) is 0 Å². The smallest absolute Gasteiger partial charge is 0.000245 e. The van der Waals surface area contributed by atoms with Crippen LogP contribution in [0.2, 0.25) is 0 Å². The summed E-state index contributed by atoms with van der Waals surface area (Å²) >= 11 is 5.42. The van der Waals surface area contributed by atoms with Gasteiger partial charge >= 0.3 is 0 Å². The van der Waals surface area contributed by atoms with Crippen LogP contribution < -0.4 is 0 Å². The Labute approximate surface area is 88.4 Å². The third kappa shape index (κ3) is 12.0. The summed E-state index contributed by atoms with van der Waals surface area (Å²) in [4.78, 5) is 0. The van der Waals surface area contributed by atoms with Gasteiger partial charge in [-0.25, -0.2) is 0 Å². The van der Waals surface area contributed by atoms with Gasteiger partial charge in [0.15, 0.2) is 0 Å². The van der Waals surface area contributed by atoms with Crippen LogP contribution in [0.15, 0.2) is 11.6 Å². The fourth-order valence-electron chi connectivity index (χ4n) is 1.46. The first-order chi connectivity index (χ1) is 6.41. The summed E-state index contributed by atoms with van der Waals surface area (Å²) in [6.45, 7) is 2.26. The van der Waals surface area contributed by atoms with Gasteiger partial charge in [-0.1, -0.05) is 69.5 Å². The highest BCUT2D eigenvalue weighted by atomic mass is 35.5. The molecule has 13 heavy (non-hydrogen) atoms. The van der Waals surface area contributed by atoms with Crippen molar-refractivity contribution in [2.45, 2.75) is 64.7 Å². The molecule has 0 aromatic rings. The van der Waals surface area contributed by atoms with E-state index in [1.54, 1.807) is 5.54 Å². The lowest BCUT2D eigenvalue weighted by Crippen LogP contribution is -1.79. The molecule has 0 spiro atoms. The predicted molar refractivity (Wildman–Crippen MR) is 62.2 cm³/mol. The molecule has 0 fully saturated rings. The summed E-state index contributed by atoms with van der Waals surface area (Å²) < 4.78 is 0. The Morgan fingerprint density at radius 1 is 0.846 bits per heavy atom. The zero-order valence-electron chi connectivity index (χ0n) is 8.90. The van der Waals surface area contributed by atoms with Crippen molar-refractivity contribution < 1.29 is 0 Å². The Bertz CT molecular complexity index is 108. The summed E-state index contributed by atoms with van der Waals surface area (Å²) in [5.41, 5.74) is 1.63. The first-order valence-corrected chi connectivity index (χ1v) is 6.10. The van der Waals surface area contributed by atoms with Crippen molar-refractivity contribution in [1.82, 2.24) is 0 Å². The third-order valence-corrected chi connectivity index (χ3v) is 2.49. The van der Waals surface area contributed by atoms with Crippen LogP contribution >= 0.6 is 11.6 Å². The van der Waals surface area contributed by atoms with Gasteiger partial charge in [0, 0.05) is 5.54 Å². The summed E-state index contributed by atoms with van der Waals surface area (Å²) in [7, 11) is 0. The van der Waals surface area contributed by atoms with Crippen molar-refractivity contribution in [3.63, 3.8) is 0 Å². The van der Waals surface area contributed by atoms with Gasteiger partial charge < -0.3 is 0 Å². The third-order valence-electron chi connectivity index (χ3n) is 2.31. The minimum Gasteiger partial charge on any atom is -0.0933 e. The molecule has 0 aliphatic carbocycles. The van der Waals surface area contributed by atoms with E-state index in [0.29, 0.717) is 0 Å². The second-order valence-corrected chi connectivity index (χ2v) is 3.88. The van der Waals surface area contributed by atoms with E-state index in [1.165, 1.54) is 51.4 Å². The molecule has 0 saturated heterocycles. The SMILES string of the molecule is CCCCCCCCCCC=CCl. The number of allylic oxidation sites excluding steroid dienone is 1.